The summed E-state index contributed by atoms with van der Waals surface area (Å²) >= 11 is 0. The van der Waals surface area contributed by atoms with Gasteiger partial charge in [0.15, 0.2) is 6.10 Å². The average Bonchev–Trinajstić information content (AvgIpc) is 3.26. The van der Waals surface area contributed by atoms with Gasteiger partial charge in [-0.2, -0.15) is 0 Å². The first kappa shape index (κ1) is 61.4. The van der Waals surface area contributed by atoms with E-state index in [2.05, 4.69) is 11.4 Å². The van der Waals surface area contributed by atoms with E-state index in [1.807, 2.05) is 73.8 Å². The Balaban J connectivity index is 2.65. The number of phosphoric ester groups is 2. The first-order valence-corrected chi connectivity index (χ1v) is 26.6. The summed E-state index contributed by atoms with van der Waals surface area (Å²) in [5, 5.41) is 51.1. The Morgan fingerprint density at radius 3 is 1.67 bits per heavy atom. The van der Waals surface area contributed by atoms with Gasteiger partial charge in [0.1, 0.15) is 43.2 Å². The van der Waals surface area contributed by atoms with Gasteiger partial charge < -0.3 is 49.7 Å². The van der Waals surface area contributed by atoms with Gasteiger partial charge in [0, 0.05) is 12.8 Å². The van der Waals surface area contributed by atoms with Crippen LogP contribution in [0.2, 0.25) is 0 Å². The van der Waals surface area contributed by atoms with Crippen molar-refractivity contribution >= 4 is 27.6 Å². The second kappa shape index (κ2) is 37.3. The van der Waals surface area contributed by atoms with Crippen molar-refractivity contribution in [2.75, 3.05) is 13.2 Å². The van der Waals surface area contributed by atoms with Gasteiger partial charge in [-0.05, 0) is 44.9 Å². The fraction of sp³-hybridized carbons (Fsp3) is 0.702. The smallest absolute Gasteiger partial charge is 0.462 e. The molecule has 380 valence electrons. The van der Waals surface area contributed by atoms with E-state index in [9.17, 15) is 49.1 Å². The first-order chi connectivity index (χ1) is 31.5. The Morgan fingerprint density at radius 1 is 0.576 bits per heavy atom. The Kier molecular flexibility index (Phi) is 34.7. The van der Waals surface area contributed by atoms with Crippen LogP contribution in [0.3, 0.4) is 0 Å². The van der Waals surface area contributed by atoms with Crippen molar-refractivity contribution in [3.63, 3.8) is 0 Å². The van der Waals surface area contributed by atoms with Crippen LogP contribution < -0.4 is 0 Å². The van der Waals surface area contributed by atoms with Gasteiger partial charge in [-0.25, -0.2) is 9.13 Å². The molecule has 6 unspecified atom stereocenters. The fourth-order valence-electron chi connectivity index (χ4n) is 6.72. The largest absolute Gasteiger partial charge is 0.472 e. The molecule has 0 bridgehead atoms. The van der Waals surface area contributed by atoms with Crippen LogP contribution in [0.5, 0.6) is 0 Å². The van der Waals surface area contributed by atoms with Gasteiger partial charge in [0.2, 0.25) is 0 Å². The molecule has 0 aromatic carbocycles. The predicted octanol–water partition coefficient (Wildman–Crippen LogP) is 7.81. The highest BCUT2D eigenvalue weighted by Gasteiger charge is 2.54. The summed E-state index contributed by atoms with van der Waals surface area (Å²) in [5.74, 6) is -1.33. The highest BCUT2D eigenvalue weighted by Crippen LogP contribution is 2.49. The maximum Gasteiger partial charge on any atom is 0.472 e. The molecule has 0 aromatic heterocycles. The van der Waals surface area contributed by atoms with E-state index in [1.54, 1.807) is 6.08 Å². The molecular formula is C47H80O17P2. The molecule has 1 aliphatic carbocycles. The van der Waals surface area contributed by atoms with E-state index >= 15 is 0 Å². The summed E-state index contributed by atoms with van der Waals surface area (Å²) in [6, 6.07) is 0. The highest BCUT2D eigenvalue weighted by molar-refractivity contribution is 7.47. The number of rotatable bonds is 38. The Bertz CT molecular complexity index is 1570. The lowest BCUT2D eigenvalue weighted by Crippen LogP contribution is -2.64. The zero-order chi connectivity index (χ0) is 49.1. The number of unbranched alkanes of at least 4 members (excludes halogenated alkanes) is 12. The zero-order valence-electron chi connectivity index (χ0n) is 39.0. The Morgan fingerprint density at radius 2 is 1.11 bits per heavy atom. The zero-order valence-corrected chi connectivity index (χ0v) is 40.7. The summed E-state index contributed by atoms with van der Waals surface area (Å²) in [6.45, 7) is 2.82. The topological polar surface area (TPSA) is 276 Å². The molecule has 0 amide bonds. The summed E-state index contributed by atoms with van der Waals surface area (Å²) in [6.07, 6.45) is 26.3. The van der Waals surface area contributed by atoms with Crippen LogP contribution in [-0.2, 0) is 41.8 Å². The number of ether oxygens (including phenoxy) is 2. The Hall–Kier alpha value is -2.60. The number of hydrogen-bond donors (Lipinski definition) is 8. The van der Waals surface area contributed by atoms with Crippen LogP contribution in [0.15, 0.2) is 72.9 Å². The van der Waals surface area contributed by atoms with E-state index < -0.39 is 89.6 Å². The van der Waals surface area contributed by atoms with Crippen molar-refractivity contribution in [3.8, 4) is 0 Å². The van der Waals surface area contributed by atoms with Gasteiger partial charge in [-0.3, -0.25) is 23.2 Å². The molecule has 19 heteroatoms. The molecule has 0 spiro atoms. The fourth-order valence-corrected chi connectivity index (χ4v) is 8.26. The predicted molar refractivity (Wildman–Crippen MR) is 252 cm³/mol. The molecule has 1 aliphatic rings. The van der Waals surface area contributed by atoms with Crippen molar-refractivity contribution in [1.29, 1.82) is 0 Å². The number of hydrogen-bond acceptors (Lipinski definition) is 14. The van der Waals surface area contributed by atoms with E-state index in [1.165, 1.54) is 51.4 Å². The lowest BCUT2D eigenvalue weighted by Gasteiger charge is -2.43. The van der Waals surface area contributed by atoms with Gasteiger partial charge in [-0.1, -0.05) is 164 Å². The number of esters is 2. The van der Waals surface area contributed by atoms with Crippen LogP contribution in [-0.4, -0.2) is 114 Å². The van der Waals surface area contributed by atoms with E-state index in [0.717, 1.165) is 44.9 Å². The minimum Gasteiger partial charge on any atom is -0.462 e. The summed E-state index contributed by atoms with van der Waals surface area (Å²) in [5.41, 5.74) is 0. The van der Waals surface area contributed by atoms with Crippen molar-refractivity contribution in [3.05, 3.63) is 72.9 Å². The summed E-state index contributed by atoms with van der Waals surface area (Å²) in [4.78, 5) is 54.2. The van der Waals surface area contributed by atoms with Crippen LogP contribution in [0.4, 0.5) is 0 Å². The van der Waals surface area contributed by atoms with E-state index in [0.29, 0.717) is 25.7 Å². The minimum absolute atomic E-state index is 0.0199. The Labute approximate surface area is 392 Å². The molecule has 0 saturated heterocycles. The van der Waals surface area contributed by atoms with Crippen LogP contribution in [0.1, 0.15) is 149 Å². The van der Waals surface area contributed by atoms with E-state index in [4.69, 9.17) is 28.3 Å². The summed E-state index contributed by atoms with van der Waals surface area (Å²) < 4.78 is 49.2. The molecular weight excluding hydrogens is 898 g/mol. The van der Waals surface area contributed by atoms with Crippen molar-refractivity contribution in [2.45, 2.75) is 198 Å². The van der Waals surface area contributed by atoms with Crippen LogP contribution in [0, 0.1) is 0 Å². The lowest BCUT2D eigenvalue weighted by molar-refractivity contribution is -0.216. The maximum absolute atomic E-state index is 13.0. The van der Waals surface area contributed by atoms with Gasteiger partial charge in [0.25, 0.3) is 0 Å². The molecule has 17 nitrogen and oxygen atoms in total. The number of carbonyl (C=O) groups excluding carboxylic acids is 2. The molecule has 9 atom stereocenters. The quantitative estimate of drug-likeness (QED) is 0.00963. The second-order valence-corrected chi connectivity index (χ2v) is 18.9. The number of aliphatic hydroxyl groups excluding tert-OH is 5. The summed E-state index contributed by atoms with van der Waals surface area (Å²) in [7, 11) is -10.7. The minimum atomic E-state index is -5.38. The van der Waals surface area contributed by atoms with Crippen LogP contribution in [0.25, 0.3) is 0 Å². The third-order valence-corrected chi connectivity index (χ3v) is 11.9. The lowest BCUT2D eigenvalue weighted by atomic mass is 9.85. The second-order valence-electron chi connectivity index (χ2n) is 16.3. The van der Waals surface area contributed by atoms with Gasteiger partial charge in [-0.15, -0.1) is 0 Å². The molecule has 8 N–H and O–H groups in total. The van der Waals surface area contributed by atoms with Crippen molar-refractivity contribution in [1.82, 2.24) is 0 Å². The molecule has 0 heterocycles. The van der Waals surface area contributed by atoms with Crippen molar-refractivity contribution < 1.29 is 82.0 Å². The van der Waals surface area contributed by atoms with E-state index in [-0.39, 0.29) is 12.8 Å². The molecule has 0 aliphatic heterocycles. The maximum atomic E-state index is 13.0. The highest BCUT2D eigenvalue weighted by atomic mass is 31.2. The van der Waals surface area contributed by atoms with Crippen molar-refractivity contribution in [2.24, 2.45) is 0 Å². The molecule has 1 rings (SSSR count). The molecule has 1 fully saturated rings. The monoisotopic (exact) mass is 978 g/mol. The third kappa shape index (κ3) is 31.4. The normalized spacial score (nSPS) is 22.6. The number of aliphatic hydroxyl groups is 5. The molecule has 1 saturated carbocycles. The van der Waals surface area contributed by atoms with Gasteiger partial charge in [0.05, 0.1) is 12.7 Å². The molecule has 66 heavy (non-hydrogen) atoms. The number of allylic oxidation sites excluding steroid dienone is 10. The molecule has 0 radical (unpaired) electrons. The first-order valence-electron chi connectivity index (χ1n) is 23.6. The van der Waals surface area contributed by atoms with Crippen LogP contribution >= 0.6 is 15.6 Å². The standard InChI is InChI=1S/C47H80O17P2/c1-3-5-7-8-9-10-11-13-18-21-24-27-31-35-41(50)62-39(37-61-66(58,59)64-47-44(53)42(51)43(52)46(45(47)54)63-65(55,56)57)36-60-40(49)34-30-26-23-20-17-15-12-14-16-19-22-25-29-33-38(48)32-28-6-4-2/h6,14-17,22-23,25-26,28-29,33,38-39,42-48,51-54H,3-5,7-13,18-21,24,27,30-32,34-37H2,1-2H3,(H,58,59)(H2,55,56,57)/b16-14-,17-15-,25-22+,26-23-,28-6-,33-29+/t38?,39-,42?,43?,44?,45?,46-,47+/m1/s1. The average molecular weight is 979 g/mol. The number of carbonyl (C=O) groups is 2. The molecule has 0 aromatic rings. The van der Waals surface area contributed by atoms with Gasteiger partial charge >= 0.3 is 27.6 Å². The number of phosphoric acid groups is 2. The SMILES string of the molecule is CC/C=C\CC(O)/C=C/C=C/C/C=C\C/C=C\C/C=C\CCC(=O)OC[C@H](COP(=O)(O)O[C@H]1C(O)C(O)C(O)[C@@H](OP(=O)(O)O)C1O)OC(=O)CCCCCCCCCCCCCCC. The third-order valence-electron chi connectivity index (χ3n) is 10.4.